The van der Waals surface area contributed by atoms with E-state index < -0.39 is 0 Å². The van der Waals surface area contributed by atoms with Crippen LogP contribution in [0.4, 0.5) is 5.69 Å². The highest BCUT2D eigenvalue weighted by molar-refractivity contribution is 7.99. The van der Waals surface area contributed by atoms with Gasteiger partial charge in [-0.1, -0.05) is 30.0 Å². The fraction of sp³-hybridized carbons (Fsp3) is 0.158. The van der Waals surface area contributed by atoms with Crippen LogP contribution in [-0.2, 0) is 4.79 Å². The Labute approximate surface area is 169 Å². The molecular weight excluding hydrogens is 394 g/mol. The fourth-order valence-electron chi connectivity index (χ4n) is 2.59. The molecule has 0 atom stereocenters. The first-order valence-corrected chi connectivity index (χ1v) is 10.5. The third-order valence-electron chi connectivity index (χ3n) is 3.79. The summed E-state index contributed by atoms with van der Waals surface area (Å²) in [5, 5.41) is 18.5. The van der Waals surface area contributed by atoms with E-state index in [0.717, 1.165) is 9.90 Å². The smallest absolute Gasteiger partial charge is 0.234 e. The number of hydrogen-bond donors (Lipinski definition) is 1. The van der Waals surface area contributed by atoms with Gasteiger partial charge in [0.1, 0.15) is 10.8 Å². The number of anilines is 1. The number of carbonyl (C=O) groups is 1. The standard InChI is InChI=1S/C19H17N5O2S2/c1-2-26-14-7-4-3-6-13(14)20-17(25)12-28-18-10-9-16-21-22-19(24(16)23-18)15-8-5-11-27-15/h3-11H,2,12H2,1H3,(H,20,25). The van der Waals surface area contributed by atoms with Crippen LogP contribution in [0.2, 0.25) is 0 Å². The van der Waals surface area contributed by atoms with Gasteiger partial charge >= 0.3 is 0 Å². The number of nitrogens with one attached hydrogen (secondary N) is 1. The maximum absolute atomic E-state index is 12.4. The van der Waals surface area contributed by atoms with Gasteiger partial charge in [-0.25, -0.2) is 0 Å². The summed E-state index contributed by atoms with van der Waals surface area (Å²) in [6.45, 7) is 2.45. The van der Waals surface area contributed by atoms with E-state index in [0.29, 0.717) is 29.5 Å². The monoisotopic (exact) mass is 411 g/mol. The second-order valence-electron chi connectivity index (χ2n) is 5.71. The molecule has 0 aliphatic carbocycles. The molecule has 4 rings (SSSR count). The Morgan fingerprint density at radius 2 is 2.07 bits per heavy atom. The summed E-state index contributed by atoms with van der Waals surface area (Å²) in [7, 11) is 0. The van der Waals surface area contributed by atoms with E-state index in [1.54, 1.807) is 15.9 Å². The number of para-hydroxylation sites is 2. The number of benzene rings is 1. The molecule has 0 aliphatic rings. The van der Waals surface area contributed by atoms with Gasteiger partial charge in [0.15, 0.2) is 11.5 Å². The minimum atomic E-state index is -0.124. The zero-order valence-corrected chi connectivity index (χ0v) is 16.7. The molecule has 7 nitrogen and oxygen atoms in total. The number of aromatic nitrogens is 4. The topological polar surface area (TPSA) is 81.4 Å². The molecule has 142 valence electrons. The molecule has 0 bridgehead atoms. The van der Waals surface area contributed by atoms with E-state index in [1.807, 2.05) is 60.8 Å². The lowest BCUT2D eigenvalue weighted by molar-refractivity contribution is -0.113. The average molecular weight is 412 g/mol. The van der Waals surface area contributed by atoms with E-state index in [9.17, 15) is 4.79 Å². The predicted octanol–water partition coefficient (Wildman–Crippen LogP) is 3.98. The number of hydrogen-bond acceptors (Lipinski definition) is 7. The van der Waals surface area contributed by atoms with E-state index >= 15 is 0 Å². The molecule has 0 spiro atoms. The molecule has 3 aromatic heterocycles. The third kappa shape index (κ3) is 4.00. The van der Waals surface area contributed by atoms with Gasteiger partial charge in [0, 0.05) is 0 Å². The Balaban J connectivity index is 1.45. The van der Waals surface area contributed by atoms with Crippen molar-refractivity contribution in [3.63, 3.8) is 0 Å². The molecule has 9 heteroatoms. The SMILES string of the molecule is CCOc1ccccc1NC(=O)CSc1ccc2nnc(-c3cccs3)n2n1. The maximum atomic E-state index is 12.4. The number of carbonyl (C=O) groups excluding carboxylic acids is 1. The van der Waals surface area contributed by atoms with E-state index in [1.165, 1.54) is 11.8 Å². The lowest BCUT2D eigenvalue weighted by Crippen LogP contribution is -2.15. The summed E-state index contributed by atoms with van der Waals surface area (Å²) < 4.78 is 7.24. The van der Waals surface area contributed by atoms with Gasteiger partial charge in [-0.15, -0.1) is 21.5 Å². The largest absolute Gasteiger partial charge is 0.492 e. The molecule has 0 fully saturated rings. The highest BCUT2D eigenvalue weighted by Crippen LogP contribution is 2.26. The molecule has 1 aromatic carbocycles. The van der Waals surface area contributed by atoms with E-state index in [2.05, 4.69) is 20.6 Å². The zero-order chi connectivity index (χ0) is 19.3. The maximum Gasteiger partial charge on any atom is 0.234 e. The summed E-state index contributed by atoms with van der Waals surface area (Å²) in [5.41, 5.74) is 1.33. The molecular formula is C19H17N5O2S2. The van der Waals surface area contributed by atoms with Crippen LogP contribution in [0.3, 0.4) is 0 Å². The van der Waals surface area contributed by atoms with Crippen LogP contribution in [0.15, 0.2) is 58.9 Å². The Morgan fingerprint density at radius 1 is 1.18 bits per heavy atom. The van der Waals surface area contributed by atoms with Crippen molar-refractivity contribution in [2.24, 2.45) is 0 Å². The first-order valence-electron chi connectivity index (χ1n) is 8.65. The van der Waals surface area contributed by atoms with Crippen molar-refractivity contribution < 1.29 is 9.53 Å². The summed E-state index contributed by atoms with van der Waals surface area (Å²) >= 11 is 2.93. The van der Waals surface area contributed by atoms with E-state index in [-0.39, 0.29) is 11.7 Å². The van der Waals surface area contributed by atoms with Gasteiger partial charge in [0.25, 0.3) is 0 Å². The second-order valence-corrected chi connectivity index (χ2v) is 7.65. The molecule has 0 saturated heterocycles. The van der Waals surface area contributed by atoms with E-state index in [4.69, 9.17) is 4.74 Å². The van der Waals surface area contributed by atoms with Crippen molar-refractivity contribution in [1.29, 1.82) is 0 Å². The van der Waals surface area contributed by atoms with Crippen LogP contribution >= 0.6 is 23.1 Å². The van der Waals surface area contributed by atoms with Crippen LogP contribution in [-0.4, -0.2) is 38.1 Å². The third-order valence-corrected chi connectivity index (χ3v) is 5.58. The van der Waals surface area contributed by atoms with Gasteiger partial charge in [-0.3, -0.25) is 4.79 Å². The number of amides is 1. The highest BCUT2D eigenvalue weighted by atomic mass is 32.2. The van der Waals surface area contributed by atoms with Gasteiger partial charge in [-0.05, 0) is 42.6 Å². The molecule has 3 heterocycles. The molecule has 1 amide bonds. The van der Waals surface area contributed by atoms with Gasteiger partial charge in [-0.2, -0.15) is 9.61 Å². The van der Waals surface area contributed by atoms with Crippen molar-refractivity contribution in [3.8, 4) is 16.5 Å². The zero-order valence-electron chi connectivity index (χ0n) is 15.0. The van der Waals surface area contributed by atoms with Crippen molar-refractivity contribution in [2.75, 3.05) is 17.7 Å². The van der Waals surface area contributed by atoms with Crippen LogP contribution < -0.4 is 10.1 Å². The Bertz CT molecular complexity index is 1090. The number of ether oxygens (including phenoxy) is 1. The second kappa shape index (κ2) is 8.41. The number of thioether (sulfide) groups is 1. The molecule has 0 radical (unpaired) electrons. The van der Waals surface area contributed by atoms with Gasteiger partial charge in [0.05, 0.1) is 22.9 Å². The minimum Gasteiger partial charge on any atom is -0.492 e. The fourth-order valence-corrected chi connectivity index (χ4v) is 3.93. The van der Waals surface area contributed by atoms with Crippen LogP contribution in [0.5, 0.6) is 5.75 Å². The number of rotatable bonds is 7. The number of thiophene rings is 1. The molecule has 0 aliphatic heterocycles. The Kier molecular flexibility index (Phi) is 5.54. The lowest BCUT2D eigenvalue weighted by Gasteiger charge is -2.11. The van der Waals surface area contributed by atoms with Crippen molar-refractivity contribution in [3.05, 3.63) is 53.9 Å². The lowest BCUT2D eigenvalue weighted by atomic mass is 10.3. The number of fused-ring (bicyclic) bond motifs is 1. The molecule has 4 aromatic rings. The van der Waals surface area contributed by atoms with Gasteiger partial charge in [0.2, 0.25) is 5.91 Å². The first kappa shape index (κ1) is 18.5. The Morgan fingerprint density at radius 3 is 2.89 bits per heavy atom. The molecule has 0 saturated carbocycles. The van der Waals surface area contributed by atoms with Crippen LogP contribution in [0.25, 0.3) is 16.3 Å². The summed E-state index contributed by atoms with van der Waals surface area (Å²) in [6, 6.07) is 15.0. The summed E-state index contributed by atoms with van der Waals surface area (Å²) in [4.78, 5) is 13.4. The Hall–Kier alpha value is -2.91. The molecule has 0 unspecified atom stereocenters. The molecule has 28 heavy (non-hydrogen) atoms. The molecule has 1 N–H and O–H groups in total. The predicted molar refractivity (Wildman–Crippen MR) is 111 cm³/mol. The van der Waals surface area contributed by atoms with Crippen LogP contribution in [0.1, 0.15) is 6.92 Å². The summed E-state index contributed by atoms with van der Waals surface area (Å²) in [5.74, 6) is 1.46. The van der Waals surface area contributed by atoms with Crippen molar-refractivity contribution in [1.82, 2.24) is 19.8 Å². The quantitative estimate of drug-likeness (QED) is 0.463. The highest BCUT2D eigenvalue weighted by Gasteiger charge is 2.12. The van der Waals surface area contributed by atoms with Crippen LogP contribution in [0, 0.1) is 0 Å². The minimum absolute atomic E-state index is 0.124. The summed E-state index contributed by atoms with van der Waals surface area (Å²) in [6.07, 6.45) is 0. The van der Waals surface area contributed by atoms with Crippen molar-refractivity contribution >= 4 is 40.3 Å². The average Bonchev–Trinajstić information content (AvgIpc) is 3.37. The van der Waals surface area contributed by atoms with Crippen molar-refractivity contribution in [2.45, 2.75) is 11.9 Å². The van der Waals surface area contributed by atoms with Gasteiger partial charge < -0.3 is 10.1 Å². The number of nitrogens with zero attached hydrogens (tertiary/aromatic N) is 4. The first-order chi connectivity index (χ1) is 13.7. The normalized spacial score (nSPS) is 10.9.